The predicted molar refractivity (Wildman–Crippen MR) is 94.7 cm³/mol. The molecule has 2 N–H and O–H groups in total. The summed E-state index contributed by atoms with van der Waals surface area (Å²) < 4.78 is 11.0. The number of anilines is 2. The molecular formula is C18H22N4O3. The Labute approximate surface area is 146 Å². The van der Waals surface area contributed by atoms with Gasteiger partial charge in [0.05, 0.1) is 19.3 Å². The molecule has 1 aromatic carbocycles. The van der Waals surface area contributed by atoms with Crippen LogP contribution in [0.3, 0.4) is 0 Å². The fourth-order valence-corrected chi connectivity index (χ4v) is 2.47. The molecule has 2 atom stereocenters. The molecule has 2 unspecified atom stereocenters. The first kappa shape index (κ1) is 17.3. The van der Waals surface area contributed by atoms with Gasteiger partial charge in [0.25, 0.3) is 5.91 Å². The molecule has 7 heteroatoms. The highest BCUT2D eigenvalue weighted by Gasteiger charge is 2.17. The summed E-state index contributed by atoms with van der Waals surface area (Å²) in [5.74, 6) is 0.317. The van der Waals surface area contributed by atoms with Crippen LogP contribution in [0.15, 0.2) is 42.5 Å². The zero-order valence-corrected chi connectivity index (χ0v) is 14.1. The highest BCUT2D eigenvalue weighted by molar-refractivity contribution is 6.02. The van der Waals surface area contributed by atoms with Crippen LogP contribution in [0.25, 0.3) is 0 Å². The molecule has 2 heterocycles. The molecule has 0 bridgehead atoms. The second kappa shape index (κ2) is 8.55. The van der Waals surface area contributed by atoms with Gasteiger partial charge in [0, 0.05) is 18.3 Å². The third-order valence-electron chi connectivity index (χ3n) is 3.79. The van der Waals surface area contributed by atoms with Crippen LogP contribution in [0.4, 0.5) is 11.5 Å². The van der Waals surface area contributed by atoms with Crippen LogP contribution in [0.5, 0.6) is 0 Å². The monoisotopic (exact) mass is 342 g/mol. The first-order valence-corrected chi connectivity index (χ1v) is 8.37. The SMILES string of the molecule is CC(COC1CCOC1)Nc1ccc(C(=O)Nc2ccccc2)nn1. The minimum absolute atomic E-state index is 0.0823. The Morgan fingerprint density at radius 1 is 1.28 bits per heavy atom. The number of benzene rings is 1. The molecule has 0 aliphatic carbocycles. The van der Waals surface area contributed by atoms with Crippen LogP contribution < -0.4 is 10.6 Å². The highest BCUT2D eigenvalue weighted by Crippen LogP contribution is 2.11. The van der Waals surface area contributed by atoms with E-state index < -0.39 is 0 Å². The number of hydrogen-bond acceptors (Lipinski definition) is 6. The summed E-state index contributed by atoms with van der Waals surface area (Å²) >= 11 is 0. The van der Waals surface area contributed by atoms with Gasteiger partial charge in [0.2, 0.25) is 0 Å². The van der Waals surface area contributed by atoms with Crippen molar-refractivity contribution in [2.24, 2.45) is 0 Å². The molecule has 7 nitrogen and oxygen atoms in total. The van der Waals surface area contributed by atoms with E-state index in [4.69, 9.17) is 9.47 Å². The van der Waals surface area contributed by atoms with E-state index in [1.807, 2.05) is 37.3 Å². The molecule has 3 rings (SSSR count). The lowest BCUT2D eigenvalue weighted by Crippen LogP contribution is -2.26. The number of carbonyl (C=O) groups excluding carboxylic acids is 1. The van der Waals surface area contributed by atoms with E-state index in [1.165, 1.54) is 0 Å². The molecule has 1 fully saturated rings. The van der Waals surface area contributed by atoms with Crippen LogP contribution in [0, 0.1) is 0 Å². The van der Waals surface area contributed by atoms with E-state index in [0.717, 1.165) is 18.7 Å². The number of para-hydroxylation sites is 1. The third kappa shape index (κ3) is 5.23. The first-order valence-electron chi connectivity index (χ1n) is 8.37. The molecule has 1 aromatic heterocycles. The fourth-order valence-electron chi connectivity index (χ4n) is 2.47. The van der Waals surface area contributed by atoms with Gasteiger partial charge in [0.15, 0.2) is 5.69 Å². The maximum atomic E-state index is 12.1. The van der Waals surface area contributed by atoms with Crippen molar-refractivity contribution in [1.82, 2.24) is 10.2 Å². The van der Waals surface area contributed by atoms with Gasteiger partial charge < -0.3 is 20.1 Å². The molecule has 0 radical (unpaired) electrons. The Morgan fingerprint density at radius 2 is 2.12 bits per heavy atom. The minimum Gasteiger partial charge on any atom is -0.379 e. The lowest BCUT2D eigenvalue weighted by atomic mass is 10.3. The number of rotatable bonds is 7. The van der Waals surface area contributed by atoms with Gasteiger partial charge in [0.1, 0.15) is 5.82 Å². The molecular weight excluding hydrogens is 320 g/mol. The van der Waals surface area contributed by atoms with Crippen molar-refractivity contribution >= 4 is 17.4 Å². The number of nitrogens with one attached hydrogen (secondary N) is 2. The van der Waals surface area contributed by atoms with Crippen molar-refractivity contribution in [3.8, 4) is 0 Å². The summed E-state index contributed by atoms with van der Waals surface area (Å²) in [4.78, 5) is 12.1. The van der Waals surface area contributed by atoms with Crippen LogP contribution >= 0.6 is 0 Å². The smallest absolute Gasteiger partial charge is 0.276 e. The van der Waals surface area contributed by atoms with Crippen molar-refractivity contribution in [3.63, 3.8) is 0 Å². The normalized spacial score (nSPS) is 17.9. The maximum absolute atomic E-state index is 12.1. The molecule has 1 amide bonds. The van der Waals surface area contributed by atoms with Crippen molar-refractivity contribution in [3.05, 3.63) is 48.2 Å². The predicted octanol–water partition coefficient (Wildman–Crippen LogP) is 2.33. The Balaban J connectivity index is 1.48. The summed E-state index contributed by atoms with van der Waals surface area (Å²) in [5, 5.41) is 14.0. The van der Waals surface area contributed by atoms with Crippen LogP contribution in [-0.4, -0.2) is 48.1 Å². The Hall–Kier alpha value is -2.51. The molecule has 0 saturated carbocycles. The lowest BCUT2D eigenvalue weighted by Gasteiger charge is -2.17. The molecule has 1 saturated heterocycles. The van der Waals surface area contributed by atoms with Gasteiger partial charge in [-0.05, 0) is 37.6 Å². The van der Waals surface area contributed by atoms with Gasteiger partial charge in [-0.1, -0.05) is 18.2 Å². The van der Waals surface area contributed by atoms with Crippen LogP contribution in [0.1, 0.15) is 23.8 Å². The van der Waals surface area contributed by atoms with E-state index >= 15 is 0 Å². The van der Waals surface area contributed by atoms with E-state index in [9.17, 15) is 4.79 Å². The van der Waals surface area contributed by atoms with Crippen molar-refractivity contribution in [2.45, 2.75) is 25.5 Å². The number of hydrogen-bond donors (Lipinski definition) is 2. The average Bonchev–Trinajstić information content (AvgIpc) is 3.15. The Morgan fingerprint density at radius 3 is 2.80 bits per heavy atom. The summed E-state index contributed by atoms with van der Waals surface area (Å²) in [6.45, 7) is 4.00. The number of ether oxygens (including phenoxy) is 2. The second-order valence-electron chi connectivity index (χ2n) is 5.99. The molecule has 132 valence electrons. The molecule has 25 heavy (non-hydrogen) atoms. The minimum atomic E-state index is -0.289. The lowest BCUT2D eigenvalue weighted by molar-refractivity contribution is 0.0394. The Bertz CT molecular complexity index is 672. The van der Waals surface area contributed by atoms with Crippen molar-refractivity contribution < 1.29 is 14.3 Å². The number of aromatic nitrogens is 2. The largest absolute Gasteiger partial charge is 0.379 e. The van der Waals surface area contributed by atoms with E-state index in [0.29, 0.717) is 19.0 Å². The standard InChI is InChI=1S/C18H22N4O3/c1-13(11-25-15-9-10-24-12-15)19-17-8-7-16(21-22-17)18(23)20-14-5-3-2-4-6-14/h2-8,13,15H,9-12H2,1H3,(H,19,22)(H,20,23). The maximum Gasteiger partial charge on any atom is 0.276 e. The van der Waals surface area contributed by atoms with E-state index in [-0.39, 0.29) is 23.7 Å². The molecule has 0 spiro atoms. The quantitative estimate of drug-likeness (QED) is 0.803. The topological polar surface area (TPSA) is 85.4 Å². The highest BCUT2D eigenvalue weighted by atomic mass is 16.5. The summed E-state index contributed by atoms with van der Waals surface area (Å²) in [6.07, 6.45) is 1.12. The molecule has 2 aromatic rings. The number of nitrogens with zero attached hydrogens (tertiary/aromatic N) is 2. The molecule has 1 aliphatic heterocycles. The number of amides is 1. The number of carbonyl (C=O) groups is 1. The van der Waals surface area contributed by atoms with Crippen molar-refractivity contribution in [2.75, 3.05) is 30.5 Å². The summed E-state index contributed by atoms with van der Waals surface area (Å²) in [5.41, 5.74) is 0.986. The Kier molecular flexibility index (Phi) is 5.92. The van der Waals surface area contributed by atoms with Crippen molar-refractivity contribution in [1.29, 1.82) is 0 Å². The van der Waals surface area contributed by atoms with Gasteiger partial charge in [-0.3, -0.25) is 4.79 Å². The van der Waals surface area contributed by atoms with Gasteiger partial charge >= 0.3 is 0 Å². The van der Waals surface area contributed by atoms with Crippen LogP contribution in [0.2, 0.25) is 0 Å². The second-order valence-corrected chi connectivity index (χ2v) is 5.99. The summed E-state index contributed by atoms with van der Waals surface area (Å²) in [7, 11) is 0. The first-order chi connectivity index (χ1) is 12.2. The third-order valence-corrected chi connectivity index (χ3v) is 3.79. The summed E-state index contributed by atoms with van der Waals surface area (Å²) in [6, 6.07) is 12.7. The van der Waals surface area contributed by atoms with Gasteiger partial charge in [-0.25, -0.2) is 0 Å². The fraction of sp³-hybridized carbons (Fsp3) is 0.389. The molecule has 1 aliphatic rings. The zero-order chi connectivity index (χ0) is 17.5. The van der Waals surface area contributed by atoms with E-state index in [2.05, 4.69) is 20.8 Å². The van der Waals surface area contributed by atoms with Gasteiger partial charge in [-0.2, -0.15) is 0 Å². The zero-order valence-electron chi connectivity index (χ0n) is 14.1. The van der Waals surface area contributed by atoms with Crippen LogP contribution in [-0.2, 0) is 9.47 Å². The van der Waals surface area contributed by atoms with Gasteiger partial charge in [-0.15, -0.1) is 10.2 Å². The average molecular weight is 342 g/mol. The van der Waals surface area contributed by atoms with E-state index in [1.54, 1.807) is 12.1 Å².